The molecule has 27 heavy (non-hydrogen) atoms. The summed E-state index contributed by atoms with van der Waals surface area (Å²) >= 11 is 5.80. The fourth-order valence-corrected chi connectivity index (χ4v) is 2.58. The SMILES string of the molecule is Cc1ccc(C)c(C(=O)CCC(=O)OCC(=O)NCc2ccc(Cl)cc2)c1. The molecule has 0 aliphatic heterocycles. The van der Waals surface area contributed by atoms with Crippen molar-refractivity contribution in [1.82, 2.24) is 5.32 Å². The van der Waals surface area contributed by atoms with Gasteiger partial charge in [0.25, 0.3) is 5.91 Å². The minimum absolute atomic E-state index is 0.0511. The quantitative estimate of drug-likeness (QED) is 0.552. The van der Waals surface area contributed by atoms with Gasteiger partial charge in [0, 0.05) is 23.6 Å². The van der Waals surface area contributed by atoms with E-state index in [1.807, 2.05) is 32.0 Å². The number of carbonyl (C=O) groups excluding carboxylic acids is 3. The average molecular weight is 388 g/mol. The van der Waals surface area contributed by atoms with Gasteiger partial charge in [-0.25, -0.2) is 0 Å². The molecule has 2 rings (SSSR count). The molecule has 0 radical (unpaired) electrons. The molecular weight excluding hydrogens is 366 g/mol. The van der Waals surface area contributed by atoms with Crippen molar-refractivity contribution in [2.75, 3.05) is 6.61 Å². The second kappa shape index (κ2) is 9.88. The number of Topliss-reactive ketones (excluding diaryl/α,β-unsaturated/α-hetero) is 1. The van der Waals surface area contributed by atoms with E-state index in [-0.39, 0.29) is 25.2 Å². The standard InChI is InChI=1S/C21H22ClNO4/c1-14-3-4-15(2)18(11-14)19(24)9-10-21(26)27-13-20(25)23-12-16-5-7-17(22)8-6-16/h3-8,11H,9-10,12-13H2,1-2H3,(H,23,25). The van der Waals surface area contributed by atoms with Crippen LogP contribution in [0.15, 0.2) is 42.5 Å². The lowest BCUT2D eigenvalue weighted by atomic mass is 9.99. The van der Waals surface area contributed by atoms with Crippen LogP contribution in [0, 0.1) is 13.8 Å². The first-order chi connectivity index (χ1) is 12.8. The Morgan fingerprint density at radius 1 is 1.00 bits per heavy atom. The Morgan fingerprint density at radius 2 is 1.70 bits per heavy atom. The molecule has 0 bridgehead atoms. The highest BCUT2D eigenvalue weighted by atomic mass is 35.5. The summed E-state index contributed by atoms with van der Waals surface area (Å²) in [6.07, 6.45) is -0.00774. The lowest BCUT2D eigenvalue weighted by Crippen LogP contribution is -2.28. The summed E-state index contributed by atoms with van der Waals surface area (Å²) in [5.41, 5.74) is 3.37. The van der Waals surface area contributed by atoms with Gasteiger partial charge in [-0.1, -0.05) is 41.4 Å². The molecule has 0 atom stereocenters. The number of hydrogen-bond donors (Lipinski definition) is 1. The number of ether oxygens (including phenoxy) is 1. The van der Waals surface area contributed by atoms with Crippen molar-refractivity contribution < 1.29 is 19.1 Å². The Hall–Kier alpha value is -2.66. The molecule has 0 unspecified atom stereocenters. The van der Waals surface area contributed by atoms with Crippen molar-refractivity contribution in [3.63, 3.8) is 0 Å². The zero-order chi connectivity index (χ0) is 19.8. The lowest BCUT2D eigenvalue weighted by molar-refractivity contribution is -0.148. The van der Waals surface area contributed by atoms with Crippen LogP contribution in [0.4, 0.5) is 0 Å². The van der Waals surface area contributed by atoms with E-state index in [0.29, 0.717) is 17.1 Å². The van der Waals surface area contributed by atoms with Crippen molar-refractivity contribution >= 4 is 29.3 Å². The van der Waals surface area contributed by atoms with Crippen LogP contribution in [0.2, 0.25) is 5.02 Å². The normalized spacial score (nSPS) is 10.3. The third-order valence-electron chi connectivity index (χ3n) is 4.02. The third-order valence-corrected chi connectivity index (χ3v) is 4.27. The molecule has 0 heterocycles. The highest BCUT2D eigenvalue weighted by Gasteiger charge is 2.13. The van der Waals surface area contributed by atoms with Crippen LogP contribution in [0.3, 0.4) is 0 Å². The molecule has 1 N–H and O–H groups in total. The Kier molecular flexibility index (Phi) is 7.55. The molecule has 2 aromatic rings. The first-order valence-corrected chi connectivity index (χ1v) is 9.00. The summed E-state index contributed by atoms with van der Waals surface area (Å²) < 4.78 is 4.93. The fourth-order valence-electron chi connectivity index (χ4n) is 2.46. The summed E-state index contributed by atoms with van der Waals surface area (Å²) in [4.78, 5) is 35.8. The number of benzene rings is 2. The van der Waals surface area contributed by atoms with Crippen LogP contribution in [-0.4, -0.2) is 24.3 Å². The zero-order valence-corrected chi connectivity index (χ0v) is 16.1. The molecule has 2 aromatic carbocycles. The Balaban J connectivity index is 1.70. The largest absolute Gasteiger partial charge is 0.456 e. The number of ketones is 1. The van der Waals surface area contributed by atoms with Crippen LogP contribution >= 0.6 is 11.6 Å². The van der Waals surface area contributed by atoms with E-state index in [1.54, 1.807) is 24.3 Å². The third kappa shape index (κ3) is 6.87. The molecule has 1 amide bonds. The van der Waals surface area contributed by atoms with Crippen LogP contribution < -0.4 is 5.32 Å². The van der Waals surface area contributed by atoms with Gasteiger partial charge >= 0.3 is 5.97 Å². The van der Waals surface area contributed by atoms with Crippen molar-refractivity contribution in [3.8, 4) is 0 Å². The van der Waals surface area contributed by atoms with Crippen LogP contribution in [-0.2, 0) is 20.9 Å². The maximum atomic E-state index is 12.2. The van der Waals surface area contributed by atoms with E-state index in [0.717, 1.165) is 16.7 Å². The molecule has 0 saturated carbocycles. The Morgan fingerprint density at radius 3 is 2.41 bits per heavy atom. The highest BCUT2D eigenvalue weighted by molar-refractivity contribution is 6.30. The highest BCUT2D eigenvalue weighted by Crippen LogP contribution is 2.14. The van der Waals surface area contributed by atoms with E-state index in [2.05, 4.69) is 5.32 Å². The van der Waals surface area contributed by atoms with Gasteiger partial charge in [-0.05, 0) is 43.2 Å². The molecule has 0 saturated heterocycles. The van der Waals surface area contributed by atoms with Crippen molar-refractivity contribution in [1.29, 1.82) is 0 Å². The number of aryl methyl sites for hydroxylation is 2. The van der Waals surface area contributed by atoms with E-state index in [1.165, 1.54) is 0 Å². The zero-order valence-electron chi connectivity index (χ0n) is 15.4. The first-order valence-electron chi connectivity index (χ1n) is 8.62. The second-order valence-electron chi connectivity index (χ2n) is 6.31. The molecule has 6 heteroatoms. The molecule has 0 fully saturated rings. The molecule has 5 nitrogen and oxygen atoms in total. The van der Waals surface area contributed by atoms with E-state index < -0.39 is 11.9 Å². The smallest absolute Gasteiger partial charge is 0.306 e. The van der Waals surface area contributed by atoms with Gasteiger partial charge in [0.05, 0.1) is 6.42 Å². The topological polar surface area (TPSA) is 72.5 Å². The summed E-state index contributed by atoms with van der Waals surface area (Å²) in [5, 5.41) is 3.27. The van der Waals surface area contributed by atoms with Crippen LogP contribution in [0.1, 0.15) is 39.9 Å². The maximum Gasteiger partial charge on any atom is 0.306 e. The predicted molar refractivity (Wildman–Crippen MR) is 104 cm³/mol. The van der Waals surface area contributed by atoms with E-state index >= 15 is 0 Å². The van der Waals surface area contributed by atoms with Gasteiger partial charge in [0.2, 0.25) is 0 Å². The average Bonchev–Trinajstić information content (AvgIpc) is 2.65. The lowest BCUT2D eigenvalue weighted by Gasteiger charge is -2.08. The molecule has 0 aliphatic carbocycles. The molecule has 0 aliphatic rings. The number of amides is 1. The van der Waals surface area contributed by atoms with Gasteiger partial charge in [0.15, 0.2) is 12.4 Å². The molecular formula is C21H22ClNO4. The predicted octanol–water partition coefficient (Wildman–Crippen LogP) is 3.78. The van der Waals surface area contributed by atoms with Crippen LogP contribution in [0.25, 0.3) is 0 Å². The van der Waals surface area contributed by atoms with E-state index in [4.69, 9.17) is 16.3 Å². The number of carbonyl (C=O) groups is 3. The monoisotopic (exact) mass is 387 g/mol. The maximum absolute atomic E-state index is 12.2. The van der Waals surface area contributed by atoms with Gasteiger partial charge in [0.1, 0.15) is 0 Å². The minimum atomic E-state index is -0.574. The number of esters is 1. The van der Waals surface area contributed by atoms with Crippen LogP contribution in [0.5, 0.6) is 0 Å². The van der Waals surface area contributed by atoms with E-state index in [9.17, 15) is 14.4 Å². The summed E-state index contributed by atoms with van der Waals surface area (Å²) in [6.45, 7) is 3.71. The van der Waals surface area contributed by atoms with Gasteiger partial charge in [-0.15, -0.1) is 0 Å². The van der Waals surface area contributed by atoms with Gasteiger partial charge in [-0.2, -0.15) is 0 Å². The first kappa shape index (κ1) is 20.6. The molecule has 142 valence electrons. The Labute approximate surface area is 163 Å². The van der Waals surface area contributed by atoms with Gasteiger partial charge in [-0.3, -0.25) is 14.4 Å². The summed E-state index contributed by atoms with van der Waals surface area (Å²) in [6, 6.07) is 12.7. The van der Waals surface area contributed by atoms with Crippen molar-refractivity contribution in [3.05, 3.63) is 69.7 Å². The number of rotatable bonds is 8. The summed E-state index contributed by atoms with van der Waals surface area (Å²) in [7, 11) is 0. The van der Waals surface area contributed by atoms with Gasteiger partial charge < -0.3 is 10.1 Å². The molecule has 0 spiro atoms. The summed E-state index contributed by atoms with van der Waals surface area (Å²) in [5.74, 6) is -1.09. The van der Waals surface area contributed by atoms with Crippen molar-refractivity contribution in [2.24, 2.45) is 0 Å². The number of hydrogen-bond acceptors (Lipinski definition) is 4. The number of halogens is 1. The Bertz CT molecular complexity index is 831. The second-order valence-corrected chi connectivity index (χ2v) is 6.74. The fraction of sp³-hybridized carbons (Fsp3) is 0.286. The molecule has 0 aromatic heterocycles. The number of nitrogens with one attached hydrogen (secondary N) is 1. The van der Waals surface area contributed by atoms with Crippen molar-refractivity contribution in [2.45, 2.75) is 33.2 Å². The minimum Gasteiger partial charge on any atom is -0.456 e.